The topological polar surface area (TPSA) is 109 Å². The van der Waals surface area contributed by atoms with E-state index in [-0.39, 0.29) is 0 Å². The number of hydrogen-bond donors (Lipinski definition) is 2. The summed E-state index contributed by atoms with van der Waals surface area (Å²) in [5, 5.41) is 3.57. The molecule has 2 fully saturated rings. The van der Waals surface area contributed by atoms with Crippen molar-refractivity contribution in [2.45, 2.75) is 49.0 Å². The maximum absolute atomic E-state index is 12.6. The van der Waals surface area contributed by atoms with Gasteiger partial charge in [0.25, 0.3) is 0 Å². The molecule has 0 aliphatic carbocycles. The summed E-state index contributed by atoms with van der Waals surface area (Å²) in [5.41, 5.74) is 2.71. The monoisotopic (exact) mass is 453 g/mol. The lowest BCUT2D eigenvalue weighted by molar-refractivity contribution is 0.0903. The van der Waals surface area contributed by atoms with Crippen LogP contribution in [0.1, 0.15) is 43.1 Å². The molecule has 0 bridgehead atoms. The van der Waals surface area contributed by atoms with Crippen molar-refractivity contribution in [1.82, 2.24) is 24.9 Å². The number of ether oxygens (including phenoxy) is 1. The minimum atomic E-state index is -1.02. The first kappa shape index (κ1) is 20.0. The number of hydrogen-bond acceptors (Lipinski definition) is 8. The highest BCUT2D eigenvalue weighted by molar-refractivity contribution is 7.85. The van der Waals surface area contributed by atoms with Crippen LogP contribution < -0.4 is 10.2 Å². The number of fused-ring (bicyclic) bond motifs is 2. The van der Waals surface area contributed by atoms with Gasteiger partial charge in [0.05, 0.1) is 22.0 Å². The van der Waals surface area contributed by atoms with E-state index in [4.69, 9.17) is 19.7 Å². The molecule has 3 aromatic rings. The predicted molar refractivity (Wildman–Crippen MR) is 123 cm³/mol. The fourth-order valence-electron chi connectivity index (χ4n) is 4.87. The number of anilines is 2. The van der Waals surface area contributed by atoms with Crippen LogP contribution in [0.5, 0.6) is 0 Å². The standard InChI is InChI=1S/C22H27N7O2S/c30-32-13-7-16-18(32)21(24-15-5-11-31-12-6-15)28-22(26-16)29-9-3-14(4-10-29)19-25-17-2-1-8-23-20(17)27-19/h1-2,8,14-15H,3-7,9-13H2,(H,23,25,27)(H,24,26,28). The zero-order valence-corrected chi connectivity index (χ0v) is 18.7. The number of aryl methyl sites for hydroxylation is 1. The third-order valence-corrected chi connectivity index (χ3v) is 8.14. The minimum Gasteiger partial charge on any atom is -0.381 e. The van der Waals surface area contributed by atoms with E-state index in [1.165, 1.54) is 0 Å². The molecular weight excluding hydrogens is 426 g/mol. The molecule has 2 saturated heterocycles. The van der Waals surface area contributed by atoms with E-state index in [1.54, 1.807) is 6.20 Å². The Morgan fingerprint density at radius 2 is 1.97 bits per heavy atom. The largest absolute Gasteiger partial charge is 0.381 e. The van der Waals surface area contributed by atoms with Gasteiger partial charge in [-0.05, 0) is 37.8 Å². The first-order valence-electron chi connectivity index (χ1n) is 11.4. The minimum absolute atomic E-state index is 0.306. The Morgan fingerprint density at radius 3 is 2.78 bits per heavy atom. The molecule has 0 amide bonds. The first-order valence-corrected chi connectivity index (χ1v) is 12.8. The number of nitrogens with zero attached hydrogens (tertiary/aromatic N) is 5. The molecule has 9 nitrogen and oxygen atoms in total. The Morgan fingerprint density at radius 1 is 1.12 bits per heavy atom. The number of H-pyrrole nitrogens is 1. The SMILES string of the molecule is O=S1CCc2nc(N3CCC(c4nc5ncccc5[nH]4)CC3)nc(NC3CCOCC3)c21. The smallest absolute Gasteiger partial charge is 0.227 e. The number of rotatable bonds is 4. The molecule has 3 aromatic heterocycles. The van der Waals surface area contributed by atoms with E-state index in [9.17, 15) is 4.21 Å². The van der Waals surface area contributed by atoms with E-state index in [0.29, 0.717) is 17.7 Å². The number of nitrogens with one attached hydrogen (secondary N) is 2. The quantitative estimate of drug-likeness (QED) is 0.620. The number of pyridine rings is 1. The summed E-state index contributed by atoms with van der Waals surface area (Å²) in [5.74, 6) is 3.55. The van der Waals surface area contributed by atoms with Gasteiger partial charge in [-0.25, -0.2) is 15.0 Å². The van der Waals surface area contributed by atoms with Crippen molar-refractivity contribution in [3.05, 3.63) is 29.8 Å². The van der Waals surface area contributed by atoms with Crippen LogP contribution in [0.25, 0.3) is 11.2 Å². The molecule has 0 spiro atoms. The van der Waals surface area contributed by atoms with Crippen LogP contribution in [0.4, 0.5) is 11.8 Å². The average molecular weight is 454 g/mol. The van der Waals surface area contributed by atoms with Crippen molar-refractivity contribution >= 4 is 33.7 Å². The van der Waals surface area contributed by atoms with Crippen LogP contribution >= 0.6 is 0 Å². The van der Waals surface area contributed by atoms with Crippen molar-refractivity contribution in [3.63, 3.8) is 0 Å². The van der Waals surface area contributed by atoms with Gasteiger partial charge in [0.15, 0.2) is 5.65 Å². The van der Waals surface area contributed by atoms with Gasteiger partial charge >= 0.3 is 0 Å². The second-order valence-corrected chi connectivity index (χ2v) is 10.2. The normalized spacial score (nSPS) is 22.4. The molecule has 0 aromatic carbocycles. The molecule has 0 radical (unpaired) electrons. The van der Waals surface area contributed by atoms with E-state index in [1.807, 2.05) is 12.1 Å². The van der Waals surface area contributed by atoms with Crippen molar-refractivity contribution in [2.75, 3.05) is 42.3 Å². The molecule has 10 heteroatoms. The Bertz CT molecular complexity index is 1120. The fourth-order valence-corrected chi connectivity index (χ4v) is 6.18. The number of aromatic nitrogens is 5. The third-order valence-electron chi connectivity index (χ3n) is 6.68. The highest BCUT2D eigenvalue weighted by Gasteiger charge is 2.30. The Labute approximate surface area is 188 Å². The van der Waals surface area contributed by atoms with E-state index in [2.05, 4.69) is 20.2 Å². The van der Waals surface area contributed by atoms with Crippen molar-refractivity contribution < 1.29 is 8.95 Å². The van der Waals surface area contributed by atoms with Crippen molar-refractivity contribution in [1.29, 1.82) is 0 Å². The van der Waals surface area contributed by atoms with Gasteiger partial charge in [-0.1, -0.05) is 0 Å². The number of piperidine rings is 1. The lowest BCUT2D eigenvalue weighted by Gasteiger charge is -2.32. The maximum atomic E-state index is 12.6. The molecule has 168 valence electrons. The van der Waals surface area contributed by atoms with Crippen LogP contribution in [-0.2, 0) is 22.0 Å². The zero-order chi connectivity index (χ0) is 21.5. The summed E-state index contributed by atoms with van der Waals surface area (Å²) in [6, 6.07) is 4.25. The summed E-state index contributed by atoms with van der Waals surface area (Å²) in [6.45, 7) is 3.25. The highest BCUT2D eigenvalue weighted by atomic mass is 32.2. The summed E-state index contributed by atoms with van der Waals surface area (Å²) in [7, 11) is -1.02. The fraction of sp³-hybridized carbons (Fsp3) is 0.545. The van der Waals surface area contributed by atoms with Gasteiger partial charge in [-0.3, -0.25) is 4.21 Å². The van der Waals surface area contributed by atoms with Crippen LogP contribution in [0.3, 0.4) is 0 Å². The number of imidazole rings is 1. The lowest BCUT2D eigenvalue weighted by Crippen LogP contribution is -2.35. The molecule has 0 saturated carbocycles. The van der Waals surface area contributed by atoms with Gasteiger partial charge in [-0.2, -0.15) is 4.98 Å². The molecule has 6 rings (SSSR count). The molecular formula is C22H27N7O2S. The van der Waals surface area contributed by atoms with Crippen molar-refractivity contribution in [2.24, 2.45) is 0 Å². The molecule has 32 heavy (non-hydrogen) atoms. The van der Waals surface area contributed by atoms with E-state index < -0.39 is 10.8 Å². The summed E-state index contributed by atoms with van der Waals surface area (Å²) < 4.78 is 18.1. The van der Waals surface area contributed by atoms with Crippen LogP contribution in [0.15, 0.2) is 23.2 Å². The van der Waals surface area contributed by atoms with Crippen LogP contribution in [-0.4, -0.2) is 67.2 Å². The van der Waals surface area contributed by atoms with Gasteiger partial charge in [-0.15, -0.1) is 0 Å². The maximum Gasteiger partial charge on any atom is 0.227 e. The highest BCUT2D eigenvalue weighted by Crippen LogP contribution is 2.33. The first-order chi connectivity index (χ1) is 15.7. The van der Waals surface area contributed by atoms with Crippen LogP contribution in [0, 0.1) is 0 Å². The molecule has 1 unspecified atom stereocenters. The Balaban J connectivity index is 1.21. The van der Waals surface area contributed by atoms with Gasteiger partial charge in [0, 0.05) is 56.6 Å². The second kappa shape index (κ2) is 8.40. The summed E-state index contributed by atoms with van der Waals surface area (Å²) in [6.07, 6.45) is 6.38. The molecule has 2 N–H and O–H groups in total. The Hall–Kier alpha value is -2.59. The van der Waals surface area contributed by atoms with E-state index in [0.717, 1.165) is 97.8 Å². The third kappa shape index (κ3) is 3.75. The molecule has 1 atom stereocenters. The molecule has 3 aliphatic heterocycles. The Kier molecular flexibility index (Phi) is 5.26. The number of aromatic amines is 1. The molecule has 6 heterocycles. The summed E-state index contributed by atoms with van der Waals surface area (Å²) in [4.78, 5) is 25.3. The predicted octanol–water partition coefficient (Wildman–Crippen LogP) is 2.39. The lowest BCUT2D eigenvalue weighted by atomic mass is 9.96. The molecule has 3 aliphatic rings. The van der Waals surface area contributed by atoms with Gasteiger partial charge in [0.1, 0.15) is 16.5 Å². The van der Waals surface area contributed by atoms with E-state index >= 15 is 0 Å². The van der Waals surface area contributed by atoms with Gasteiger partial charge < -0.3 is 19.9 Å². The summed E-state index contributed by atoms with van der Waals surface area (Å²) >= 11 is 0. The average Bonchev–Trinajstić information content (AvgIpc) is 3.44. The van der Waals surface area contributed by atoms with Gasteiger partial charge in [0.2, 0.25) is 5.95 Å². The van der Waals surface area contributed by atoms with Crippen LogP contribution in [0.2, 0.25) is 0 Å². The second-order valence-electron chi connectivity index (χ2n) is 8.74. The zero-order valence-electron chi connectivity index (χ0n) is 17.9. The van der Waals surface area contributed by atoms with Crippen molar-refractivity contribution in [3.8, 4) is 0 Å².